The van der Waals surface area contributed by atoms with Crippen LogP contribution < -0.4 is 18.3 Å². The van der Waals surface area contributed by atoms with Crippen molar-refractivity contribution < 1.29 is 22.4 Å². The molecule has 0 amide bonds. The Morgan fingerprint density at radius 3 is 1.18 bits per heavy atom. The lowest BCUT2D eigenvalue weighted by Gasteiger charge is -2.42. The second-order valence-electron chi connectivity index (χ2n) is 33.0. The maximum absolute atomic E-state index is 7.64. The van der Waals surface area contributed by atoms with Crippen molar-refractivity contribution in [1.82, 2.24) is 0 Å². The van der Waals surface area contributed by atoms with E-state index in [0.29, 0.717) is 16.9 Å². The summed E-state index contributed by atoms with van der Waals surface area (Å²) in [6, 6.07) is 37.8. The first-order valence-electron chi connectivity index (χ1n) is 35.5. The largest absolute Gasteiger partial charge is 0.212 e. The molecule has 0 spiro atoms. The van der Waals surface area contributed by atoms with Crippen LogP contribution in [0.3, 0.4) is 0 Å². The first kappa shape index (κ1) is 66.0. The molecule has 4 aromatic carbocycles. The average Bonchev–Trinajstić information content (AvgIpc) is 0.765. The van der Waals surface area contributed by atoms with Gasteiger partial charge in [-0.25, -0.2) is 18.3 Å². The van der Waals surface area contributed by atoms with Crippen molar-refractivity contribution >= 4 is 0 Å². The molecule has 4 aromatic heterocycles. The molecule has 4 heteroatoms. The third kappa shape index (κ3) is 14.4. The van der Waals surface area contributed by atoms with E-state index < -0.39 is 6.85 Å². The van der Waals surface area contributed by atoms with Crippen LogP contribution in [0.5, 0.6) is 0 Å². The molecule has 12 rings (SSSR count). The van der Waals surface area contributed by atoms with Crippen molar-refractivity contribution in [2.45, 2.75) is 255 Å². The number of hydrogen-bond donors (Lipinski definition) is 0. The van der Waals surface area contributed by atoms with Gasteiger partial charge in [0.15, 0.2) is 24.8 Å². The first-order valence-corrected chi connectivity index (χ1v) is 34.0. The van der Waals surface area contributed by atoms with Crippen LogP contribution in [0.15, 0.2) is 128 Å². The topological polar surface area (TPSA) is 15.5 Å². The Kier molecular flexibility index (Phi) is 18.7. The van der Waals surface area contributed by atoms with Crippen LogP contribution in [0.25, 0.3) is 45.0 Å². The summed E-state index contributed by atoms with van der Waals surface area (Å²) in [5, 5.41) is 0. The second kappa shape index (κ2) is 25.8. The molecular weight excluding hydrogens is 1100 g/mol. The van der Waals surface area contributed by atoms with Gasteiger partial charge in [-0.1, -0.05) is 159 Å². The van der Waals surface area contributed by atoms with Gasteiger partial charge in [0.25, 0.3) is 0 Å². The Balaban J connectivity index is 0.000000161. The Labute approximate surface area is 558 Å². The number of pyridine rings is 4. The van der Waals surface area contributed by atoms with Crippen LogP contribution in [0.1, 0.15) is 256 Å². The van der Waals surface area contributed by atoms with Gasteiger partial charge in [-0.2, -0.15) is 0 Å². The molecule has 4 nitrogen and oxygen atoms in total. The van der Waals surface area contributed by atoms with Gasteiger partial charge < -0.3 is 0 Å². The minimum atomic E-state index is -2.06. The van der Waals surface area contributed by atoms with Crippen molar-refractivity contribution in [3.63, 3.8) is 0 Å². The van der Waals surface area contributed by atoms with Gasteiger partial charge in [0.2, 0.25) is 22.8 Å². The molecule has 8 aromatic rings. The van der Waals surface area contributed by atoms with E-state index in [0.717, 1.165) is 16.8 Å². The lowest BCUT2D eigenvalue weighted by Crippen LogP contribution is -2.40. The summed E-state index contributed by atoms with van der Waals surface area (Å²) in [4.78, 5) is 0. The Morgan fingerprint density at radius 1 is 0.341 bits per heavy atom. The lowest BCUT2D eigenvalue weighted by molar-refractivity contribution is -0.661. The zero-order valence-corrected chi connectivity index (χ0v) is 60.6. The quantitative estimate of drug-likeness (QED) is 0.156. The molecule has 484 valence electrons. The zero-order chi connectivity index (χ0) is 68.7. The van der Waals surface area contributed by atoms with Crippen molar-refractivity contribution in [3.05, 3.63) is 211 Å². The minimum Gasteiger partial charge on any atom is -0.201 e. The van der Waals surface area contributed by atoms with Crippen molar-refractivity contribution in [3.8, 4) is 45.0 Å². The number of aryl methyl sites for hydroxylation is 11. The third-order valence-electron chi connectivity index (χ3n) is 22.3. The maximum atomic E-state index is 7.64. The predicted molar refractivity (Wildman–Crippen MR) is 389 cm³/mol. The maximum Gasteiger partial charge on any atom is 0.212 e. The summed E-state index contributed by atoms with van der Waals surface area (Å²) in [7, 11) is 8.55. The number of rotatable bonds is 4. The van der Waals surface area contributed by atoms with Crippen LogP contribution in [-0.2, 0) is 66.1 Å². The first-order chi connectivity index (χ1) is 43.0. The van der Waals surface area contributed by atoms with Crippen molar-refractivity contribution in [1.29, 1.82) is 0 Å². The van der Waals surface area contributed by atoms with E-state index in [1.165, 1.54) is 141 Å². The molecule has 1 unspecified atom stereocenters. The highest BCUT2D eigenvalue weighted by molar-refractivity contribution is 5.68. The van der Waals surface area contributed by atoms with E-state index in [9.17, 15) is 0 Å². The molecule has 0 saturated carbocycles. The van der Waals surface area contributed by atoms with Gasteiger partial charge >= 0.3 is 0 Å². The van der Waals surface area contributed by atoms with E-state index in [1.54, 1.807) is 28.8 Å². The van der Waals surface area contributed by atoms with E-state index in [-0.39, 0.29) is 39.9 Å². The van der Waals surface area contributed by atoms with Gasteiger partial charge in [0.05, 0.1) is 0 Å². The molecule has 4 aliphatic carbocycles. The Hall–Kier alpha value is -6.52. The fourth-order valence-electron chi connectivity index (χ4n) is 15.6. The average molecular weight is 1220 g/mol. The number of hydrogen-bond acceptors (Lipinski definition) is 0. The number of nitrogens with zero attached hydrogens (tertiary/aromatic N) is 4. The SMILES string of the molecule is C.Cc1cc2c(cc1-c1cccc[n+]1C)C(C)(C)CCC2(C)C.Cc1ccc(-c2cc3c(c[n+]2C)C(C)(C)CCC3C)c(C)c1.Cc1ccc(-c2cc3c(cc2C)C(C)(C)CCC3(C)C)[n+](C)c1.[2H]C([2H])([2H])c1ccc(-c2cc3c(c[n+]2C)C(C)(C)CCC3(C)C)c(C)c1. The molecule has 1 atom stereocenters. The lowest BCUT2D eigenvalue weighted by atomic mass is 9.62. The van der Waals surface area contributed by atoms with Crippen LogP contribution in [0.4, 0.5) is 0 Å². The summed E-state index contributed by atoms with van der Waals surface area (Å²) < 4.78 is 31.9. The molecule has 4 heterocycles. The summed E-state index contributed by atoms with van der Waals surface area (Å²) >= 11 is 0. The highest BCUT2D eigenvalue weighted by Crippen LogP contribution is 2.50. The fourth-order valence-corrected chi connectivity index (χ4v) is 15.6. The van der Waals surface area contributed by atoms with Crippen LogP contribution in [0.2, 0.25) is 0 Å². The van der Waals surface area contributed by atoms with E-state index in [2.05, 4.69) is 295 Å². The van der Waals surface area contributed by atoms with Gasteiger partial charge in [-0.15, -0.1) is 0 Å². The third-order valence-corrected chi connectivity index (χ3v) is 22.3. The normalized spacial score (nSPS) is 19.4. The van der Waals surface area contributed by atoms with Crippen LogP contribution in [-0.4, -0.2) is 0 Å². The molecule has 0 saturated heterocycles. The summed E-state index contributed by atoms with van der Waals surface area (Å²) in [5.41, 5.74) is 32.2. The van der Waals surface area contributed by atoms with Gasteiger partial charge in [0, 0.05) is 73.4 Å². The van der Waals surface area contributed by atoms with Gasteiger partial charge in [0.1, 0.15) is 28.2 Å². The molecule has 0 aliphatic heterocycles. The van der Waals surface area contributed by atoms with Crippen LogP contribution in [0, 0.1) is 48.4 Å². The van der Waals surface area contributed by atoms with E-state index in [4.69, 9.17) is 4.11 Å². The summed E-state index contributed by atoms with van der Waals surface area (Å²) in [5.74, 6) is 0.661. The second-order valence-corrected chi connectivity index (χ2v) is 33.0. The number of benzene rings is 4. The van der Waals surface area contributed by atoms with E-state index in [1.807, 2.05) is 13.0 Å². The fraction of sp³-hybridized carbons (Fsp3) is 0.494. The molecule has 91 heavy (non-hydrogen) atoms. The van der Waals surface area contributed by atoms with Crippen molar-refractivity contribution in [2.75, 3.05) is 0 Å². The smallest absolute Gasteiger partial charge is 0.201 e. The Morgan fingerprint density at radius 2 is 0.714 bits per heavy atom. The monoisotopic (exact) mass is 1220 g/mol. The number of aromatic nitrogens is 4. The molecular formula is C87H120N4+4. The molecule has 0 N–H and O–H groups in total. The standard InChI is InChI=1S/2C22H30N.2C21H28N.CH4/c1-15-8-9-20(23(7)14-15)17-13-19-18(12-16(17)2)21(3,4)10-11-22(19,5)6;1-15-8-9-17(16(2)12-15)20-13-18-19(14-23(20)7)22(5,6)11-10-21(18,3)4;1-14-7-8-17(16(3)11-14)20-12-18-15(2)9-10-21(4,5)19(18)13-22(20)6;1-15-13-17-18(21(4,5)11-10-20(17,2)3)14-16(15)19-9-7-8-12-22(19)6;/h2*8-9,12-14H,10-11H2,1-7H3;7-8,11-13,15H,9-10H2,1-6H3;7-9,12-14H,10-11H2,1-6H3;1H4/q4*+1;/i;1D3;;;. The minimum absolute atomic E-state index is 0. The molecule has 0 bridgehead atoms. The van der Waals surface area contributed by atoms with E-state index >= 15 is 0 Å². The van der Waals surface area contributed by atoms with Crippen LogP contribution >= 0.6 is 0 Å². The van der Waals surface area contributed by atoms with Gasteiger partial charge in [-0.3, -0.25) is 0 Å². The highest BCUT2D eigenvalue weighted by Gasteiger charge is 2.42. The molecule has 4 aliphatic rings. The zero-order valence-electron chi connectivity index (χ0n) is 63.6. The van der Waals surface area contributed by atoms with Crippen molar-refractivity contribution in [2.24, 2.45) is 28.2 Å². The van der Waals surface area contributed by atoms with Gasteiger partial charge in [-0.05, 0) is 236 Å². The summed E-state index contributed by atoms with van der Waals surface area (Å²) in [6.45, 7) is 46.6. The number of fused-ring (bicyclic) bond motifs is 4. The summed E-state index contributed by atoms with van der Waals surface area (Å²) in [6.07, 6.45) is 19.0. The highest BCUT2D eigenvalue weighted by atomic mass is 14.9. The molecule has 0 fully saturated rings. The predicted octanol–water partition coefficient (Wildman–Crippen LogP) is 20.7. The Bertz CT molecular complexity index is 4140. The molecule has 0 radical (unpaired) electrons.